The van der Waals surface area contributed by atoms with Gasteiger partial charge in [0.25, 0.3) is 0 Å². The second-order valence-corrected chi connectivity index (χ2v) is 3.00. The number of allylic oxidation sites excluding steroid dienone is 1. The molecule has 3 nitrogen and oxygen atoms in total. The van der Waals surface area contributed by atoms with Gasteiger partial charge in [-0.15, -0.1) is 6.58 Å². The SMILES string of the molecule is C=CCc1ccc(OCC(=O)OC)cc1. The minimum Gasteiger partial charge on any atom is -0.482 e. The lowest BCUT2D eigenvalue weighted by Gasteiger charge is -2.05. The maximum absolute atomic E-state index is 10.8. The first-order chi connectivity index (χ1) is 7.26. The molecule has 0 radical (unpaired) electrons. The zero-order valence-corrected chi connectivity index (χ0v) is 8.73. The lowest BCUT2D eigenvalue weighted by Crippen LogP contribution is -2.12. The Bertz CT molecular complexity index is 327. The summed E-state index contributed by atoms with van der Waals surface area (Å²) < 4.78 is 9.65. The first kappa shape index (κ1) is 11.3. The summed E-state index contributed by atoms with van der Waals surface area (Å²) in [4.78, 5) is 10.8. The third-order valence-electron chi connectivity index (χ3n) is 1.89. The normalized spacial score (nSPS) is 9.40. The van der Waals surface area contributed by atoms with Crippen LogP contribution in [0.3, 0.4) is 0 Å². The fourth-order valence-electron chi connectivity index (χ4n) is 1.09. The second kappa shape index (κ2) is 5.86. The van der Waals surface area contributed by atoms with Gasteiger partial charge in [-0.25, -0.2) is 4.79 Å². The monoisotopic (exact) mass is 206 g/mol. The molecule has 0 heterocycles. The van der Waals surface area contributed by atoms with Crippen LogP contribution in [-0.2, 0) is 16.0 Å². The Kier molecular flexibility index (Phi) is 4.41. The zero-order valence-electron chi connectivity index (χ0n) is 8.73. The molecule has 0 aliphatic carbocycles. The number of esters is 1. The Morgan fingerprint density at radius 1 is 1.40 bits per heavy atom. The lowest BCUT2D eigenvalue weighted by atomic mass is 10.1. The van der Waals surface area contributed by atoms with Gasteiger partial charge >= 0.3 is 5.97 Å². The molecule has 0 fully saturated rings. The largest absolute Gasteiger partial charge is 0.482 e. The Hall–Kier alpha value is -1.77. The Balaban J connectivity index is 2.49. The zero-order chi connectivity index (χ0) is 11.1. The van der Waals surface area contributed by atoms with E-state index >= 15 is 0 Å². The summed E-state index contributed by atoms with van der Waals surface area (Å²) in [6, 6.07) is 7.52. The van der Waals surface area contributed by atoms with E-state index in [0.717, 1.165) is 12.0 Å². The third-order valence-corrected chi connectivity index (χ3v) is 1.89. The van der Waals surface area contributed by atoms with Gasteiger partial charge in [-0.1, -0.05) is 18.2 Å². The number of benzene rings is 1. The van der Waals surface area contributed by atoms with Gasteiger partial charge < -0.3 is 9.47 Å². The summed E-state index contributed by atoms with van der Waals surface area (Å²) in [6.45, 7) is 3.60. The van der Waals surface area contributed by atoms with E-state index < -0.39 is 0 Å². The van der Waals surface area contributed by atoms with Crippen LogP contribution < -0.4 is 4.74 Å². The number of carbonyl (C=O) groups excluding carboxylic acids is 1. The minimum atomic E-state index is -0.384. The smallest absolute Gasteiger partial charge is 0.343 e. The molecule has 0 spiro atoms. The number of hydrogen-bond acceptors (Lipinski definition) is 3. The highest BCUT2D eigenvalue weighted by molar-refractivity contribution is 5.70. The fraction of sp³-hybridized carbons (Fsp3) is 0.250. The number of ether oxygens (including phenoxy) is 2. The number of methoxy groups -OCH3 is 1. The van der Waals surface area contributed by atoms with E-state index in [-0.39, 0.29) is 12.6 Å². The molecule has 0 aliphatic rings. The first-order valence-corrected chi connectivity index (χ1v) is 4.65. The summed E-state index contributed by atoms with van der Waals surface area (Å²) in [5, 5.41) is 0. The molecule has 3 heteroatoms. The molecule has 1 rings (SSSR count). The van der Waals surface area contributed by atoms with Crippen molar-refractivity contribution >= 4 is 5.97 Å². The Morgan fingerprint density at radius 2 is 2.07 bits per heavy atom. The van der Waals surface area contributed by atoms with Crippen molar-refractivity contribution in [3.8, 4) is 5.75 Å². The van der Waals surface area contributed by atoms with Gasteiger partial charge in [-0.2, -0.15) is 0 Å². The molecule has 80 valence electrons. The fourth-order valence-corrected chi connectivity index (χ4v) is 1.09. The molecule has 0 saturated carbocycles. The van der Waals surface area contributed by atoms with Crippen molar-refractivity contribution in [1.82, 2.24) is 0 Å². The standard InChI is InChI=1S/C12H14O3/c1-3-4-10-5-7-11(8-6-10)15-9-12(13)14-2/h3,5-8H,1,4,9H2,2H3. The van der Waals surface area contributed by atoms with Crippen LogP contribution in [0.4, 0.5) is 0 Å². The maximum atomic E-state index is 10.8. The predicted molar refractivity (Wildman–Crippen MR) is 57.9 cm³/mol. The van der Waals surface area contributed by atoms with Crippen LogP contribution in [0, 0.1) is 0 Å². The number of hydrogen-bond donors (Lipinski definition) is 0. The van der Waals surface area contributed by atoms with E-state index in [1.165, 1.54) is 7.11 Å². The van der Waals surface area contributed by atoms with Gasteiger partial charge in [0.2, 0.25) is 0 Å². The molecular weight excluding hydrogens is 192 g/mol. The Labute approximate surface area is 89.3 Å². The maximum Gasteiger partial charge on any atom is 0.343 e. The molecule has 0 aliphatic heterocycles. The average molecular weight is 206 g/mol. The quantitative estimate of drug-likeness (QED) is 0.545. The highest BCUT2D eigenvalue weighted by atomic mass is 16.6. The van der Waals surface area contributed by atoms with E-state index in [1.54, 1.807) is 0 Å². The van der Waals surface area contributed by atoms with Gasteiger partial charge in [-0.3, -0.25) is 0 Å². The molecule has 0 aromatic heterocycles. The van der Waals surface area contributed by atoms with Crippen LogP contribution in [0.2, 0.25) is 0 Å². The summed E-state index contributed by atoms with van der Waals surface area (Å²) >= 11 is 0. The van der Waals surface area contributed by atoms with E-state index in [2.05, 4.69) is 11.3 Å². The van der Waals surface area contributed by atoms with Gasteiger partial charge in [-0.05, 0) is 24.1 Å². The van der Waals surface area contributed by atoms with Crippen molar-refractivity contribution in [2.75, 3.05) is 13.7 Å². The summed E-state index contributed by atoms with van der Waals surface area (Å²) in [5.74, 6) is 0.276. The highest BCUT2D eigenvalue weighted by Crippen LogP contribution is 2.12. The second-order valence-electron chi connectivity index (χ2n) is 3.00. The predicted octanol–water partition coefficient (Wildman–Crippen LogP) is 1.97. The molecule has 1 aromatic carbocycles. The average Bonchev–Trinajstić information content (AvgIpc) is 2.28. The van der Waals surface area contributed by atoms with Gasteiger partial charge in [0, 0.05) is 0 Å². The van der Waals surface area contributed by atoms with Crippen LogP contribution >= 0.6 is 0 Å². The molecule has 15 heavy (non-hydrogen) atoms. The number of carbonyl (C=O) groups is 1. The van der Waals surface area contributed by atoms with E-state index in [4.69, 9.17) is 4.74 Å². The lowest BCUT2D eigenvalue weighted by molar-refractivity contribution is -0.142. The van der Waals surface area contributed by atoms with Crippen LogP contribution in [0.5, 0.6) is 5.75 Å². The minimum absolute atomic E-state index is 0.0582. The van der Waals surface area contributed by atoms with Gasteiger partial charge in [0.1, 0.15) is 5.75 Å². The van der Waals surface area contributed by atoms with E-state index in [0.29, 0.717) is 5.75 Å². The molecular formula is C12H14O3. The highest BCUT2D eigenvalue weighted by Gasteiger charge is 2.00. The molecule has 0 atom stereocenters. The van der Waals surface area contributed by atoms with Crippen molar-refractivity contribution in [3.05, 3.63) is 42.5 Å². The Morgan fingerprint density at radius 3 is 2.60 bits per heavy atom. The van der Waals surface area contributed by atoms with Crippen LogP contribution in [0.15, 0.2) is 36.9 Å². The molecule has 0 amide bonds. The third kappa shape index (κ3) is 3.85. The van der Waals surface area contributed by atoms with Crippen LogP contribution in [0.1, 0.15) is 5.56 Å². The van der Waals surface area contributed by atoms with Gasteiger partial charge in [0.15, 0.2) is 6.61 Å². The van der Waals surface area contributed by atoms with E-state index in [9.17, 15) is 4.79 Å². The summed E-state index contributed by atoms with van der Waals surface area (Å²) in [5.41, 5.74) is 1.16. The van der Waals surface area contributed by atoms with Gasteiger partial charge in [0.05, 0.1) is 7.11 Å². The molecule has 0 N–H and O–H groups in total. The summed E-state index contributed by atoms with van der Waals surface area (Å²) in [6.07, 6.45) is 2.67. The first-order valence-electron chi connectivity index (χ1n) is 4.65. The van der Waals surface area contributed by atoms with E-state index in [1.807, 2.05) is 30.3 Å². The number of rotatable bonds is 5. The van der Waals surface area contributed by atoms with Crippen molar-refractivity contribution in [3.63, 3.8) is 0 Å². The van der Waals surface area contributed by atoms with Crippen molar-refractivity contribution in [1.29, 1.82) is 0 Å². The summed E-state index contributed by atoms with van der Waals surface area (Å²) in [7, 11) is 1.33. The molecule has 0 bridgehead atoms. The molecule has 0 unspecified atom stereocenters. The van der Waals surface area contributed by atoms with Crippen molar-refractivity contribution in [2.24, 2.45) is 0 Å². The topological polar surface area (TPSA) is 35.5 Å². The molecule has 0 saturated heterocycles. The van der Waals surface area contributed by atoms with Crippen molar-refractivity contribution < 1.29 is 14.3 Å². The van der Waals surface area contributed by atoms with Crippen LogP contribution in [0.25, 0.3) is 0 Å². The van der Waals surface area contributed by atoms with Crippen molar-refractivity contribution in [2.45, 2.75) is 6.42 Å². The molecule has 1 aromatic rings. The van der Waals surface area contributed by atoms with Crippen LogP contribution in [-0.4, -0.2) is 19.7 Å².